The smallest absolute Gasteiger partial charge is 0.350 e. The van der Waals surface area contributed by atoms with E-state index in [9.17, 15) is 0 Å². The molecule has 3 nitrogen and oxygen atoms in total. The summed E-state index contributed by atoms with van der Waals surface area (Å²) in [6.45, 7) is 19.1. The van der Waals surface area contributed by atoms with Crippen molar-refractivity contribution in [2.24, 2.45) is 0 Å². The minimum atomic E-state index is -2.90. The number of hydrogen-bond donors (Lipinski definition) is 0. The largest absolute Gasteiger partial charge is 0.429 e. The van der Waals surface area contributed by atoms with Gasteiger partial charge in [-0.05, 0) is 48.3 Å². The Morgan fingerprint density at radius 1 is 0.500 bits per heavy atom. The average molecular weight is 521 g/mol. The van der Waals surface area contributed by atoms with Crippen molar-refractivity contribution in [3.05, 3.63) is 116 Å². The maximum atomic E-state index is 7.12. The Morgan fingerprint density at radius 2 is 0.853 bits per heavy atom. The monoisotopic (exact) mass is 520 g/mol. The Hall–Kier alpha value is -2.11. The standard InChI is InChI=1S/C27H36O3Si4/c1-8-32(5,25-19-13-10-14-20-25)28-31(3,4)29-34(7,27-23-17-12-18-24-27)30-33(6,9-2)26-21-15-11-16-22-26/h8-24H,1-2H2,3-7H3. The lowest BCUT2D eigenvalue weighted by Gasteiger charge is -2.43. The van der Waals surface area contributed by atoms with E-state index in [-0.39, 0.29) is 0 Å². The molecule has 0 bridgehead atoms. The van der Waals surface area contributed by atoms with Gasteiger partial charge in [-0.25, -0.2) is 0 Å². The first-order valence-electron chi connectivity index (χ1n) is 11.6. The lowest BCUT2D eigenvalue weighted by atomic mass is 10.4. The zero-order valence-electron chi connectivity index (χ0n) is 21.0. The van der Waals surface area contributed by atoms with Gasteiger partial charge in [-0.2, -0.15) is 0 Å². The molecule has 178 valence electrons. The van der Waals surface area contributed by atoms with Gasteiger partial charge in [0.2, 0.25) is 16.6 Å². The van der Waals surface area contributed by atoms with Crippen LogP contribution in [-0.2, 0) is 12.3 Å². The summed E-state index contributed by atoms with van der Waals surface area (Å²) >= 11 is 0. The molecular formula is C27H36O3Si4. The topological polar surface area (TPSA) is 27.7 Å². The molecule has 34 heavy (non-hydrogen) atoms. The fraction of sp³-hybridized carbons (Fsp3) is 0.185. The van der Waals surface area contributed by atoms with Gasteiger partial charge in [0.25, 0.3) is 0 Å². The first-order valence-corrected chi connectivity index (χ1v) is 21.7. The highest BCUT2D eigenvalue weighted by Gasteiger charge is 2.49. The van der Waals surface area contributed by atoms with Crippen molar-refractivity contribution >= 4 is 49.3 Å². The molecule has 0 radical (unpaired) electrons. The molecule has 0 aliphatic carbocycles. The number of benzene rings is 3. The van der Waals surface area contributed by atoms with Crippen LogP contribution in [0.2, 0.25) is 32.7 Å². The van der Waals surface area contributed by atoms with Crippen molar-refractivity contribution in [1.82, 2.24) is 0 Å². The van der Waals surface area contributed by atoms with Gasteiger partial charge in [-0.15, -0.1) is 13.2 Å². The van der Waals surface area contributed by atoms with E-state index in [1.54, 1.807) is 0 Å². The molecule has 0 saturated heterocycles. The number of rotatable bonds is 11. The van der Waals surface area contributed by atoms with E-state index >= 15 is 0 Å². The van der Waals surface area contributed by atoms with Gasteiger partial charge in [-0.3, -0.25) is 0 Å². The van der Waals surface area contributed by atoms with Crippen LogP contribution in [0.25, 0.3) is 0 Å². The van der Waals surface area contributed by atoms with Gasteiger partial charge in [0.15, 0.2) is 0 Å². The predicted octanol–water partition coefficient (Wildman–Crippen LogP) is 5.13. The molecule has 0 spiro atoms. The van der Waals surface area contributed by atoms with Crippen molar-refractivity contribution < 1.29 is 12.3 Å². The van der Waals surface area contributed by atoms with Crippen molar-refractivity contribution in [2.45, 2.75) is 32.7 Å². The van der Waals surface area contributed by atoms with E-state index in [0.29, 0.717) is 0 Å². The lowest BCUT2D eigenvalue weighted by molar-refractivity contribution is 0.342. The quantitative estimate of drug-likeness (QED) is 0.328. The Bertz CT molecular complexity index is 1090. The minimum absolute atomic E-state index is 1.09. The van der Waals surface area contributed by atoms with Crippen molar-refractivity contribution in [1.29, 1.82) is 0 Å². The molecular weight excluding hydrogens is 485 g/mol. The van der Waals surface area contributed by atoms with Gasteiger partial charge >= 0.3 is 17.1 Å². The van der Waals surface area contributed by atoms with Crippen LogP contribution in [0.15, 0.2) is 116 Å². The molecule has 0 amide bonds. The second-order valence-electron chi connectivity index (χ2n) is 9.37. The van der Waals surface area contributed by atoms with Gasteiger partial charge in [-0.1, -0.05) is 102 Å². The third-order valence-electron chi connectivity index (χ3n) is 6.08. The van der Waals surface area contributed by atoms with Crippen LogP contribution in [-0.4, -0.2) is 33.8 Å². The van der Waals surface area contributed by atoms with E-state index in [2.05, 4.69) is 107 Å². The summed E-state index contributed by atoms with van der Waals surface area (Å²) in [5, 5.41) is 3.46. The molecule has 3 atom stereocenters. The molecule has 3 aromatic carbocycles. The van der Waals surface area contributed by atoms with Crippen LogP contribution in [0.4, 0.5) is 0 Å². The van der Waals surface area contributed by atoms with Gasteiger partial charge in [0.1, 0.15) is 0 Å². The Labute approximate surface area is 209 Å². The zero-order chi connectivity index (χ0) is 24.9. The van der Waals surface area contributed by atoms with Gasteiger partial charge in [0, 0.05) is 0 Å². The zero-order valence-corrected chi connectivity index (χ0v) is 25.0. The maximum Gasteiger partial charge on any atom is 0.350 e. The van der Waals surface area contributed by atoms with Crippen LogP contribution < -0.4 is 15.6 Å². The second-order valence-corrected chi connectivity index (χ2v) is 23.5. The Balaban J connectivity index is 1.99. The number of hydrogen-bond acceptors (Lipinski definition) is 3. The van der Waals surface area contributed by atoms with E-state index < -0.39 is 33.8 Å². The first kappa shape index (κ1) is 26.5. The molecule has 0 saturated carbocycles. The molecule has 0 aliphatic rings. The second kappa shape index (κ2) is 10.7. The normalized spacial score (nSPS) is 17.1. The van der Waals surface area contributed by atoms with Crippen LogP contribution in [0, 0.1) is 0 Å². The fourth-order valence-corrected chi connectivity index (χ4v) is 21.9. The average Bonchev–Trinajstić information content (AvgIpc) is 2.84. The Kier molecular flexibility index (Phi) is 8.30. The SMILES string of the molecule is C=C[Si](C)(O[Si](C)(C)O[Si](C)(O[Si](C)(C=C)c1ccccc1)c1ccccc1)c1ccccc1. The summed E-state index contributed by atoms with van der Waals surface area (Å²) in [6.07, 6.45) is 0. The lowest BCUT2D eigenvalue weighted by Crippen LogP contribution is -2.66. The first-order chi connectivity index (χ1) is 16.1. The van der Waals surface area contributed by atoms with Crippen LogP contribution in [0.3, 0.4) is 0 Å². The van der Waals surface area contributed by atoms with Crippen LogP contribution in [0.5, 0.6) is 0 Å². The molecule has 0 fully saturated rings. The van der Waals surface area contributed by atoms with Gasteiger partial charge < -0.3 is 12.3 Å². The van der Waals surface area contributed by atoms with Crippen molar-refractivity contribution in [3.63, 3.8) is 0 Å². The van der Waals surface area contributed by atoms with Crippen LogP contribution >= 0.6 is 0 Å². The highest BCUT2D eigenvalue weighted by atomic mass is 28.5. The molecule has 7 heteroatoms. The fourth-order valence-electron chi connectivity index (χ4n) is 4.26. The van der Waals surface area contributed by atoms with Crippen molar-refractivity contribution in [3.8, 4) is 0 Å². The predicted molar refractivity (Wildman–Crippen MR) is 154 cm³/mol. The van der Waals surface area contributed by atoms with E-state index in [0.717, 1.165) is 5.19 Å². The third kappa shape index (κ3) is 6.11. The summed E-state index contributed by atoms with van der Waals surface area (Å²) in [5.74, 6) is 0. The molecule has 3 rings (SSSR count). The highest BCUT2D eigenvalue weighted by Crippen LogP contribution is 2.25. The molecule has 0 heterocycles. The molecule has 3 unspecified atom stereocenters. The van der Waals surface area contributed by atoms with Crippen molar-refractivity contribution in [2.75, 3.05) is 0 Å². The van der Waals surface area contributed by atoms with Gasteiger partial charge in [0.05, 0.1) is 0 Å². The summed E-state index contributed by atoms with van der Waals surface area (Å²) in [6, 6.07) is 31.1. The van der Waals surface area contributed by atoms with Crippen LogP contribution in [0.1, 0.15) is 0 Å². The van der Waals surface area contributed by atoms with E-state index in [1.165, 1.54) is 10.4 Å². The minimum Gasteiger partial charge on any atom is -0.429 e. The van der Waals surface area contributed by atoms with E-state index in [4.69, 9.17) is 12.3 Å². The Morgan fingerprint density at radius 3 is 1.24 bits per heavy atom. The molecule has 0 aromatic heterocycles. The molecule has 3 aromatic rings. The highest BCUT2D eigenvalue weighted by molar-refractivity contribution is 7.01. The summed E-state index contributed by atoms with van der Waals surface area (Å²) in [4.78, 5) is 0. The molecule has 0 N–H and O–H groups in total. The maximum absolute atomic E-state index is 7.12. The third-order valence-corrected chi connectivity index (χ3v) is 22.4. The summed E-state index contributed by atoms with van der Waals surface area (Å²) < 4.78 is 21.1. The summed E-state index contributed by atoms with van der Waals surface area (Å²) in [5.41, 5.74) is 4.00. The summed E-state index contributed by atoms with van der Waals surface area (Å²) in [7, 11) is -10.5. The molecule has 0 aliphatic heterocycles. The van der Waals surface area contributed by atoms with E-state index in [1.807, 2.05) is 41.7 Å².